The zero-order valence-electron chi connectivity index (χ0n) is 12.5. The Bertz CT molecular complexity index is 660. The van der Waals surface area contributed by atoms with E-state index in [1.807, 2.05) is 38.3 Å². The fourth-order valence-electron chi connectivity index (χ4n) is 1.95. The number of hydrogen-bond acceptors (Lipinski definition) is 5. The molecule has 0 saturated heterocycles. The van der Waals surface area contributed by atoms with Gasteiger partial charge in [0, 0.05) is 24.4 Å². The lowest BCUT2D eigenvalue weighted by Gasteiger charge is -2.21. The molecule has 0 radical (unpaired) electrons. The molecule has 1 N–H and O–H groups in total. The Kier molecular flexibility index (Phi) is 4.80. The molecule has 0 unspecified atom stereocenters. The van der Waals surface area contributed by atoms with Crippen LogP contribution in [0, 0.1) is 13.8 Å². The van der Waals surface area contributed by atoms with Crippen LogP contribution in [-0.2, 0) is 0 Å². The lowest BCUT2D eigenvalue weighted by molar-refractivity contribution is 0.0950. The maximum absolute atomic E-state index is 12.3. The first-order chi connectivity index (χ1) is 10.0. The van der Waals surface area contributed by atoms with Crippen LogP contribution in [0.15, 0.2) is 35.6 Å². The Hall–Kier alpha value is -2.08. The van der Waals surface area contributed by atoms with Gasteiger partial charge in [0.15, 0.2) is 11.0 Å². The van der Waals surface area contributed by atoms with Crippen LogP contribution in [0.2, 0.25) is 0 Å². The predicted molar refractivity (Wildman–Crippen MR) is 85.6 cm³/mol. The number of hydrazine groups is 1. The maximum Gasteiger partial charge on any atom is 0.270 e. The molecule has 1 aromatic heterocycles. The monoisotopic (exact) mass is 302 g/mol. The van der Waals surface area contributed by atoms with Gasteiger partial charge in [-0.15, -0.1) is 0 Å². The molecule has 0 atom stereocenters. The van der Waals surface area contributed by atoms with Crippen LogP contribution in [0.3, 0.4) is 0 Å². The first-order valence-corrected chi connectivity index (χ1v) is 7.73. The summed E-state index contributed by atoms with van der Waals surface area (Å²) in [7, 11) is 1.77. The van der Waals surface area contributed by atoms with Gasteiger partial charge in [-0.2, -0.15) is 0 Å². The molecular weight excluding hydrogens is 284 g/mol. The number of anilines is 1. The number of hydrogen-bond donors (Lipinski definition) is 1. The topological polar surface area (TPSA) is 58.1 Å². The quantitative estimate of drug-likeness (QED) is 0.534. The molecule has 5 nitrogen and oxygen atoms in total. The first-order valence-electron chi connectivity index (χ1n) is 6.51. The van der Waals surface area contributed by atoms with E-state index in [0.717, 1.165) is 11.1 Å². The summed E-state index contributed by atoms with van der Waals surface area (Å²) in [5.74, 6) is 0.538. The van der Waals surface area contributed by atoms with E-state index < -0.39 is 0 Å². The van der Waals surface area contributed by atoms with E-state index >= 15 is 0 Å². The molecule has 1 amide bonds. The van der Waals surface area contributed by atoms with Crippen LogP contribution in [-0.4, -0.2) is 29.2 Å². The highest BCUT2D eigenvalue weighted by Crippen LogP contribution is 2.18. The summed E-state index contributed by atoms with van der Waals surface area (Å²) in [5, 5.41) is 2.30. The molecule has 0 bridgehead atoms. The highest BCUT2D eigenvalue weighted by atomic mass is 32.2. The number of carbonyl (C=O) groups excluding carboxylic acids is 1. The molecule has 0 aliphatic heterocycles. The minimum absolute atomic E-state index is 0.153. The number of aromatic nitrogens is 2. The zero-order valence-corrected chi connectivity index (χ0v) is 13.4. The summed E-state index contributed by atoms with van der Waals surface area (Å²) in [6, 6.07) is 7.48. The lowest BCUT2D eigenvalue weighted by atomic mass is 10.1. The second-order valence-electron chi connectivity index (χ2n) is 4.68. The van der Waals surface area contributed by atoms with Crippen molar-refractivity contribution < 1.29 is 4.79 Å². The maximum atomic E-state index is 12.3. The Morgan fingerprint density at radius 3 is 2.62 bits per heavy atom. The van der Waals surface area contributed by atoms with E-state index in [-0.39, 0.29) is 5.91 Å². The van der Waals surface area contributed by atoms with Crippen molar-refractivity contribution >= 4 is 23.5 Å². The fourth-order valence-corrected chi connectivity index (χ4v) is 2.28. The molecule has 0 fully saturated rings. The molecule has 0 saturated carbocycles. The number of aryl methyl sites for hydroxylation is 2. The Morgan fingerprint density at radius 2 is 1.95 bits per heavy atom. The van der Waals surface area contributed by atoms with Crippen molar-refractivity contribution in [2.75, 3.05) is 18.3 Å². The Labute approximate surface area is 128 Å². The molecule has 21 heavy (non-hydrogen) atoms. The number of amides is 1. The third-order valence-corrected chi connectivity index (χ3v) is 3.64. The van der Waals surface area contributed by atoms with Crippen molar-refractivity contribution in [3.63, 3.8) is 0 Å². The third-order valence-electron chi connectivity index (χ3n) is 3.08. The van der Waals surface area contributed by atoms with Crippen LogP contribution in [0.5, 0.6) is 0 Å². The number of nitrogens with zero attached hydrogens (tertiary/aromatic N) is 3. The van der Waals surface area contributed by atoms with Crippen molar-refractivity contribution in [3.05, 3.63) is 47.2 Å². The van der Waals surface area contributed by atoms with Gasteiger partial charge in [0.2, 0.25) is 0 Å². The fraction of sp³-hybridized carbons (Fsp3) is 0.267. The van der Waals surface area contributed by atoms with E-state index in [1.165, 1.54) is 11.8 Å². The number of thioether (sulfide) groups is 1. The molecule has 6 heteroatoms. The SMILES string of the molecule is CSc1ncc(C)c(N(C)NC(=O)c2ccccc2C)n1. The van der Waals surface area contributed by atoms with Crippen LogP contribution in [0.4, 0.5) is 5.82 Å². The van der Waals surface area contributed by atoms with Gasteiger partial charge in [0.1, 0.15) is 0 Å². The highest BCUT2D eigenvalue weighted by molar-refractivity contribution is 7.98. The summed E-state index contributed by atoms with van der Waals surface area (Å²) in [6.45, 7) is 3.83. The smallest absolute Gasteiger partial charge is 0.270 e. The van der Waals surface area contributed by atoms with E-state index in [1.54, 1.807) is 24.3 Å². The summed E-state index contributed by atoms with van der Waals surface area (Å²) in [5.41, 5.74) is 5.33. The van der Waals surface area contributed by atoms with Crippen molar-refractivity contribution in [1.29, 1.82) is 0 Å². The van der Waals surface area contributed by atoms with Gasteiger partial charge in [-0.25, -0.2) is 9.97 Å². The first kappa shape index (κ1) is 15.3. The molecule has 0 spiro atoms. The van der Waals surface area contributed by atoms with Crippen molar-refractivity contribution in [2.45, 2.75) is 19.0 Å². The zero-order chi connectivity index (χ0) is 15.4. The predicted octanol–water partition coefficient (Wildman–Crippen LogP) is 2.60. The number of carbonyl (C=O) groups is 1. The van der Waals surface area contributed by atoms with Gasteiger partial charge in [-0.1, -0.05) is 30.0 Å². The minimum Gasteiger partial charge on any atom is -0.271 e. The second-order valence-corrected chi connectivity index (χ2v) is 5.45. The molecule has 2 rings (SSSR count). The molecule has 0 aliphatic carbocycles. The van der Waals surface area contributed by atoms with Crippen LogP contribution < -0.4 is 10.4 Å². The molecule has 1 heterocycles. The molecule has 110 valence electrons. The van der Waals surface area contributed by atoms with Crippen molar-refractivity contribution in [3.8, 4) is 0 Å². The molecule has 2 aromatic rings. The second kappa shape index (κ2) is 6.58. The average molecular weight is 302 g/mol. The van der Waals surface area contributed by atoms with Crippen LogP contribution >= 0.6 is 11.8 Å². The molecule has 0 aliphatic rings. The lowest BCUT2D eigenvalue weighted by Crippen LogP contribution is -2.40. The summed E-state index contributed by atoms with van der Waals surface area (Å²) in [6.07, 6.45) is 3.67. The van der Waals surface area contributed by atoms with E-state index in [4.69, 9.17) is 0 Å². The van der Waals surface area contributed by atoms with Gasteiger partial charge < -0.3 is 0 Å². The van der Waals surface area contributed by atoms with Crippen LogP contribution in [0.25, 0.3) is 0 Å². The van der Waals surface area contributed by atoms with E-state index in [2.05, 4.69) is 15.4 Å². The molecular formula is C15H18N4OS. The largest absolute Gasteiger partial charge is 0.271 e. The van der Waals surface area contributed by atoms with Gasteiger partial charge >= 0.3 is 0 Å². The highest BCUT2D eigenvalue weighted by Gasteiger charge is 2.14. The van der Waals surface area contributed by atoms with Crippen molar-refractivity contribution in [2.24, 2.45) is 0 Å². The van der Waals surface area contributed by atoms with Crippen LogP contribution in [0.1, 0.15) is 21.5 Å². The summed E-state index contributed by atoms with van der Waals surface area (Å²) < 4.78 is 0. The van der Waals surface area contributed by atoms with Gasteiger partial charge in [0.05, 0.1) is 0 Å². The minimum atomic E-state index is -0.153. The number of nitrogens with one attached hydrogen (secondary N) is 1. The number of benzene rings is 1. The third kappa shape index (κ3) is 3.52. The average Bonchev–Trinajstić information content (AvgIpc) is 2.48. The number of rotatable bonds is 4. The normalized spacial score (nSPS) is 10.3. The Morgan fingerprint density at radius 1 is 1.24 bits per heavy atom. The van der Waals surface area contributed by atoms with Crippen molar-refractivity contribution in [1.82, 2.24) is 15.4 Å². The summed E-state index contributed by atoms with van der Waals surface area (Å²) in [4.78, 5) is 20.9. The van der Waals surface area contributed by atoms with Gasteiger partial charge in [-0.05, 0) is 31.7 Å². The summed E-state index contributed by atoms with van der Waals surface area (Å²) >= 11 is 1.47. The Balaban J connectivity index is 2.20. The standard InChI is InChI=1S/C15H18N4OS/c1-10-7-5-6-8-12(10)14(20)18-19(3)13-11(2)9-16-15(17-13)21-4/h5-9H,1-4H3,(H,18,20). The van der Waals surface area contributed by atoms with Gasteiger partial charge in [0.25, 0.3) is 5.91 Å². The van der Waals surface area contributed by atoms with E-state index in [0.29, 0.717) is 16.5 Å². The van der Waals surface area contributed by atoms with Gasteiger partial charge in [-0.3, -0.25) is 15.2 Å². The molecule has 1 aromatic carbocycles. The van der Waals surface area contributed by atoms with E-state index in [9.17, 15) is 4.79 Å².